The molecule has 1 heterocycles. The largest absolute Gasteiger partial charge is 0.379 e. The van der Waals surface area contributed by atoms with Crippen molar-refractivity contribution in [3.05, 3.63) is 0 Å². The van der Waals surface area contributed by atoms with E-state index in [0.29, 0.717) is 18.0 Å². The zero-order valence-corrected chi connectivity index (χ0v) is 13.1. The molecule has 0 aromatic carbocycles. The first-order valence-electron chi connectivity index (χ1n) is 7.38. The quantitative estimate of drug-likeness (QED) is 0.818. The third-order valence-electron chi connectivity index (χ3n) is 4.38. The molecule has 0 aliphatic carbocycles. The number of rotatable bonds is 5. The lowest BCUT2D eigenvalue weighted by molar-refractivity contribution is 0.00400. The fourth-order valence-corrected chi connectivity index (χ4v) is 2.43. The smallest absolute Gasteiger partial charge is 0.0634 e. The fourth-order valence-electron chi connectivity index (χ4n) is 2.43. The van der Waals surface area contributed by atoms with E-state index in [4.69, 9.17) is 4.74 Å². The highest BCUT2D eigenvalue weighted by molar-refractivity contribution is 4.84. The Bertz CT molecular complexity index is 241. The molecule has 1 saturated heterocycles. The lowest BCUT2D eigenvalue weighted by Gasteiger charge is -2.33. The van der Waals surface area contributed by atoms with Gasteiger partial charge in [0.2, 0.25) is 0 Å². The molecule has 3 heteroatoms. The molecule has 108 valence electrons. The van der Waals surface area contributed by atoms with Crippen LogP contribution in [0.5, 0.6) is 0 Å². The van der Waals surface area contributed by atoms with Crippen LogP contribution in [0.3, 0.4) is 0 Å². The van der Waals surface area contributed by atoms with E-state index in [-0.39, 0.29) is 5.60 Å². The summed E-state index contributed by atoms with van der Waals surface area (Å²) in [7, 11) is 1.81. The maximum Gasteiger partial charge on any atom is 0.0634 e. The molecule has 0 aromatic rings. The van der Waals surface area contributed by atoms with Gasteiger partial charge in [-0.1, -0.05) is 13.8 Å². The van der Waals surface area contributed by atoms with E-state index in [2.05, 4.69) is 44.8 Å². The summed E-state index contributed by atoms with van der Waals surface area (Å²) in [6, 6.07) is 1.30. The van der Waals surface area contributed by atoms with Gasteiger partial charge in [-0.15, -0.1) is 0 Å². The zero-order chi connectivity index (χ0) is 13.8. The van der Waals surface area contributed by atoms with Crippen molar-refractivity contribution >= 4 is 0 Å². The molecule has 0 radical (unpaired) electrons. The topological polar surface area (TPSA) is 24.5 Å². The van der Waals surface area contributed by atoms with Gasteiger partial charge in [0.1, 0.15) is 0 Å². The Kier molecular flexibility index (Phi) is 6.09. The van der Waals surface area contributed by atoms with E-state index >= 15 is 0 Å². The van der Waals surface area contributed by atoms with Gasteiger partial charge in [0, 0.05) is 32.3 Å². The normalized spacial score (nSPS) is 27.5. The number of hydrogen-bond donors (Lipinski definition) is 1. The van der Waals surface area contributed by atoms with Crippen molar-refractivity contribution in [2.24, 2.45) is 5.92 Å². The van der Waals surface area contributed by atoms with Gasteiger partial charge in [-0.25, -0.2) is 0 Å². The summed E-state index contributed by atoms with van der Waals surface area (Å²) >= 11 is 0. The zero-order valence-electron chi connectivity index (χ0n) is 13.1. The van der Waals surface area contributed by atoms with Gasteiger partial charge in [0.05, 0.1) is 5.60 Å². The summed E-state index contributed by atoms with van der Waals surface area (Å²) in [6.45, 7) is 14.8. The van der Waals surface area contributed by atoms with Gasteiger partial charge in [0.15, 0.2) is 0 Å². The summed E-state index contributed by atoms with van der Waals surface area (Å²) in [5.41, 5.74) is -0.00716. The molecule has 0 aromatic heterocycles. The highest BCUT2D eigenvalue weighted by atomic mass is 16.5. The van der Waals surface area contributed by atoms with Crippen molar-refractivity contribution in [2.45, 2.75) is 65.1 Å². The fraction of sp³-hybridized carbons (Fsp3) is 1.00. The first-order chi connectivity index (χ1) is 8.35. The summed E-state index contributed by atoms with van der Waals surface area (Å²) in [6.07, 6.45) is 2.34. The molecular weight excluding hydrogens is 224 g/mol. The average Bonchev–Trinajstić information content (AvgIpc) is 2.49. The minimum Gasteiger partial charge on any atom is -0.379 e. The molecule has 2 atom stereocenters. The molecule has 1 rings (SSSR count). The van der Waals surface area contributed by atoms with E-state index in [1.807, 2.05) is 7.11 Å². The Labute approximate surface area is 113 Å². The van der Waals surface area contributed by atoms with Gasteiger partial charge in [-0.2, -0.15) is 0 Å². The van der Waals surface area contributed by atoms with Crippen LogP contribution in [0.25, 0.3) is 0 Å². The Morgan fingerprint density at radius 2 is 2.06 bits per heavy atom. The lowest BCUT2D eigenvalue weighted by atomic mass is 10.0. The molecule has 1 aliphatic rings. The number of ether oxygens (including phenoxy) is 1. The van der Waals surface area contributed by atoms with E-state index in [1.54, 1.807) is 0 Å². The Morgan fingerprint density at radius 3 is 2.61 bits per heavy atom. The van der Waals surface area contributed by atoms with Crippen LogP contribution in [-0.2, 0) is 4.74 Å². The van der Waals surface area contributed by atoms with Crippen LogP contribution in [0.1, 0.15) is 47.5 Å². The van der Waals surface area contributed by atoms with Crippen molar-refractivity contribution in [2.75, 3.05) is 26.7 Å². The summed E-state index contributed by atoms with van der Waals surface area (Å²) in [5, 5.41) is 3.68. The van der Waals surface area contributed by atoms with Crippen LogP contribution in [-0.4, -0.2) is 49.3 Å². The predicted octanol–water partition coefficient (Wildman–Crippen LogP) is 2.51. The summed E-state index contributed by atoms with van der Waals surface area (Å²) < 4.78 is 5.53. The van der Waals surface area contributed by atoms with Crippen molar-refractivity contribution < 1.29 is 4.74 Å². The molecule has 0 bridgehead atoms. The van der Waals surface area contributed by atoms with Gasteiger partial charge in [-0.3, -0.25) is 4.90 Å². The monoisotopic (exact) mass is 256 g/mol. The molecule has 0 saturated carbocycles. The molecular formula is C15H32N2O. The minimum absolute atomic E-state index is 0.00716. The van der Waals surface area contributed by atoms with Crippen LogP contribution in [0.15, 0.2) is 0 Å². The predicted molar refractivity (Wildman–Crippen MR) is 78.0 cm³/mol. The Hall–Kier alpha value is -0.120. The van der Waals surface area contributed by atoms with E-state index in [9.17, 15) is 0 Å². The van der Waals surface area contributed by atoms with Crippen molar-refractivity contribution in [3.63, 3.8) is 0 Å². The number of nitrogens with one attached hydrogen (secondary N) is 1. The Balaban J connectivity index is 2.54. The van der Waals surface area contributed by atoms with Gasteiger partial charge in [0.25, 0.3) is 0 Å². The number of methoxy groups -OCH3 is 1. The number of hydrogen-bond acceptors (Lipinski definition) is 3. The van der Waals surface area contributed by atoms with Crippen molar-refractivity contribution in [1.29, 1.82) is 0 Å². The molecule has 0 spiro atoms. The maximum absolute atomic E-state index is 5.53. The van der Waals surface area contributed by atoms with Gasteiger partial charge >= 0.3 is 0 Å². The van der Waals surface area contributed by atoms with Crippen LogP contribution in [0, 0.1) is 5.92 Å². The second kappa shape index (κ2) is 6.88. The summed E-state index contributed by atoms with van der Waals surface area (Å²) in [4.78, 5) is 2.63. The first-order valence-corrected chi connectivity index (χ1v) is 7.38. The molecule has 1 fully saturated rings. The highest BCUT2D eigenvalue weighted by Gasteiger charge is 2.26. The van der Waals surface area contributed by atoms with Crippen LogP contribution in [0.2, 0.25) is 0 Å². The lowest BCUT2D eigenvalue weighted by Crippen LogP contribution is -2.44. The first kappa shape index (κ1) is 15.9. The third kappa shape index (κ3) is 4.87. The molecule has 3 nitrogen and oxygen atoms in total. The van der Waals surface area contributed by atoms with Crippen molar-refractivity contribution in [3.8, 4) is 0 Å². The molecule has 1 aliphatic heterocycles. The van der Waals surface area contributed by atoms with E-state index < -0.39 is 0 Å². The van der Waals surface area contributed by atoms with Gasteiger partial charge in [-0.05, 0) is 46.1 Å². The van der Waals surface area contributed by atoms with Crippen molar-refractivity contribution in [1.82, 2.24) is 10.2 Å². The second-order valence-corrected chi connectivity index (χ2v) is 6.65. The standard InChI is InChI=1S/C15H32N2O/c1-12(2)14-11-17(13(3)7-9-16-14)10-8-15(4,5)18-6/h12-14,16H,7-11H2,1-6H3. The molecule has 18 heavy (non-hydrogen) atoms. The van der Waals surface area contributed by atoms with E-state index in [1.165, 1.54) is 13.0 Å². The van der Waals surface area contributed by atoms with Gasteiger partial charge < -0.3 is 10.1 Å². The van der Waals surface area contributed by atoms with Crippen LogP contribution >= 0.6 is 0 Å². The highest BCUT2D eigenvalue weighted by Crippen LogP contribution is 2.18. The Morgan fingerprint density at radius 1 is 1.39 bits per heavy atom. The van der Waals surface area contributed by atoms with Crippen LogP contribution < -0.4 is 5.32 Å². The molecule has 2 unspecified atom stereocenters. The SMILES string of the molecule is COC(C)(C)CCN1CC(C(C)C)NCCC1C. The minimum atomic E-state index is -0.00716. The molecule has 1 N–H and O–H groups in total. The average molecular weight is 256 g/mol. The second-order valence-electron chi connectivity index (χ2n) is 6.65. The third-order valence-corrected chi connectivity index (χ3v) is 4.38. The summed E-state index contributed by atoms with van der Waals surface area (Å²) in [5.74, 6) is 0.702. The van der Waals surface area contributed by atoms with Crippen LogP contribution in [0.4, 0.5) is 0 Å². The molecule has 0 amide bonds. The number of nitrogens with zero attached hydrogens (tertiary/aromatic N) is 1. The van der Waals surface area contributed by atoms with E-state index in [0.717, 1.165) is 19.5 Å². The maximum atomic E-state index is 5.53.